The molecule has 122 valence electrons. The number of nitrogens with zero attached hydrogens (tertiary/aromatic N) is 2. The van der Waals surface area contributed by atoms with Crippen molar-refractivity contribution in [2.45, 2.75) is 46.6 Å². The molecule has 7 heteroatoms. The average Bonchev–Trinajstić information content (AvgIpc) is 2.23. The number of amides is 2. The van der Waals surface area contributed by atoms with Crippen LogP contribution in [0.25, 0.3) is 0 Å². The van der Waals surface area contributed by atoms with Crippen LogP contribution in [0.5, 0.6) is 0 Å². The molecule has 0 spiro atoms. The fraction of sp³-hybridized carbons (Fsp3) is 0.533. The first-order chi connectivity index (χ1) is 9.91. The zero-order valence-corrected chi connectivity index (χ0v) is 14.1. The number of hydrogen-bond donors (Lipinski definition) is 1. The normalized spacial score (nSPS) is 11.9. The van der Waals surface area contributed by atoms with Crippen LogP contribution < -0.4 is 4.90 Å². The number of aromatic nitrogens is 1. The van der Waals surface area contributed by atoms with Gasteiger partial charge in [-0.05, 0) is 37.8 Å². The van der Waals surface area contributed by atoms with E-state index < -0.39 is 17.8 Å². The second-order valence-electron chi connectivity index (χ2n) is 6.82. The second-order valence-corrected chi connectivity index (χ2v) is 7.21. The number of pyridine rings is 1. The van der Waals surface area contributed by atoms with Crippen molar-refractivity contribution in [2.24, 2.45) is 5.41 Å². The van der Waals surface area contributed by atoms with Crippen molar-refractivity contribution in [3.8, 4) is 0 Å². The fourth-order valence-corrected chi connectivity index (χ4v) is 2.59. The molecule has 1 rings (SSSR count). The number of carboxylic acid groups (broad SMARTS) is 1. The van der Waals surface area contributed by atoms with Crippen LogP contribution >= 0.6 is 11.6 Å². The van der Waals surface area contributed by atoms with E-state index in [0.29, 0.717) is 11.3 Å². The molecular formula is C15H21ClN2O4. The molecule has 1 heterocycles. The summed E-state index contributed by atoms with van der Waals surface area (Å²) in [6.07, 6.45) is -0.514. The molecule has 0 bridgehead atoms. The topological polar surface area (TPSA) is 79.7 Å². The third kappa shape index (κ3) is 5.52. The molecule has 0 saturated heterocycles. The maximum atomic E-state index is 12.3. The quantitative estimate of drug-likeness (QED) is 0.822. The van der Waals surface area contributed by atoms with Crippen LogP contribution in [0.2, 0.25) is 5.15 Å². The van der Waals surface area contributed by atoms with E-state index in [4.69, 9.17) is 16.3 Å². The predicted molar refractivity (Wildman–Crippen MR) is 84.4 cm³/mol. The molecule has 0 unspecified atom stereocenters. The molecule has 0 atom stereocenters. The van der Waals surface area contributed by atoms with Gasteiger partial charge in [-0.1, -0.05) is 32.4 Å². The van der Waals surface area contributed by atoms with Gasteiger partial charge in [-0.25, -0.2) is 14.6 Å². The van der Waals surface area contributed by atoms with Gasteiger partial charge in [0.2, 0.25) is 0 Å². The van der Waals surface area contributed by atoms with Gasteiger partial charge in [-0.15, -0.1) is 0 Å². The predicted octanol–water partition coefficient (Wildman–Crippen LogP) is 4.57. The van der Waals surface area contributed by atoms with Gasteiger partial charge in [-0.3, -0.25) is 0 Å². The summed E-state index contributed by atoms with van der Waals surface area (Å²) in [4.78, 5) is 27.9. The Hall–Kier alpha value is -1.82. The maximum Gasteiger partial charge on any atom is 0.424 e. The van der Waals surface area contributed by atoms with Gasteiger partial charge in [0.15, 0.2) is 0 Å². The minimum atomic E-state index is -1.45. The summed E-state index contributed by atoms with van der Waals surface area (Å²) in [7, 11) is 0. The highest BCUT2D eigenvalue weighted by Crippen LogP contribution is 2.30. The second kappa shape index (κ2) is 6.52. The largest absolute Gasteiger partial charge is 0.464 e. The Morgan fingerprint density at radius 2 is 1.91 bits per heavy atom. The third-order valence-corrected chi connectivity index (χ3v) is 2.87. The van der Waals surface area contributed by atoms with E-state index in [1.54, 1.807) is 13.8 Å². The minimum Gasteiger partial charge on any atom is -0.464 e. The lowest BCUT2D eigenvalue weighted by Gasteiger charge is -2.33. The number of carbonyl (C=O) groups excluding carboxylic acids is 1. The summed E-state index contributed by atoms with van der Waals surface area (Å²) >= 11 is 5.74. The summed E-state index contributed by atoms with van der Waals surface area (Å²) in [5.41, 5.74) is -0.790. The summed E-state index contributed by atoms with van der Waals surface area (Å²) < 4.78 is 5.37. The van der Waals surface area contributed by atoms with E-state index in [0.717, 1.165) is 0 Å². The maximum absolute atomic E-state index is 12.3. The number of hydrogen-bond acceptors (Lipinski definition) is 4. The first-order valence-electron chi connectivity index (χ1n) is 6.79. The molecule has 1 aromatic heterocycles. The highest BCUT2D eigenvalue weighted by Gasteiger charge is 2.33. The van der Waals surface area contributed by atoms with Crippen molar-refractivity contribution in [3.63, 3.8) is 0 Å². The molecule has 6 nitrogen and oxygen atoms in total. The van der Waals surface area contributed by atoms with Crippen molar-refractivity contribution >= 4 is 29.5 Å². The Morgan fingerprint density at radius 1 is 1.32 bits per heavy atom. The summed E-state index contributed by atoms with van der Waals surface area (Å²) in [6.45, 7) is 9.53. The van der Waals surface area contributed by atoms with Crippen molar-refractivity contribution < 1.29 is 19.4 Å². The molecule has 22 heavy (non-hydrogen) atoms. The van der Waals surface area contributed by atoms with Crippen molar-refractivity contribution in [1.29, 1.82) is 0 Å². The van der Waals surface area contributed by atoms with Crippen LogP contribution in [-0.2, 0) is 4.74 Å². The number of rotatable bonds is 3. The van der Waals surface area contributed by atoms with E-state index in [1.807, 2.05) is 20.8 Å². The van der Waals surface area contributed by atoms with E-state index in [1.165, 1.54) is 18.3 Å². The number of carbonyl (C=O) groups is 2. The van der Waals surface area contributed by atoms with Crippen LogP contribution in [0.15, 0.2) is 18.3 Å². The zero-order valence-electron chi connectivity index (χ0n) is 13.4. The van der Waals surface area contributed by atoms with Crippen LogP contribution in [0, 0.1) is 5.41 Å². The number of anilines is 1. The molecule has 1 aromatic rings. The zero-order chi connectivity index (χ0) is 17.1. The Bertz CT molecular complexity index is 567. The van der Waals surface area contributed by atoms with Crippen LogP contribution in [0.1, 0.15) is 41.0 Å². The summed E-state index contributed by atoms with van der Waals surface area (Å²) in [5.74, 6) is 0. The SMILES string of the molecule is CC(C)(C)CC(C)(C)OC(=O)N(C(=O)O)c1ccnc(Cl)c1. The lowest BCUT2D eigenvalue weighted by Crippen LogP contribution is -2.42. The van der Waals surface area contributed by atoms with Gasteiger partial charge in [0.25, 0.3) is 0 Å². The van der Waals surface area contributed by atoms with Crippen molar-refractivity contribution in [2.75, 3.05) is 4.90 Å². The molecule has 1 N–H and O–H groups in total. The Morgan fingerprint density at radius 3 is 2.36 bits per heavy atom. The Balaban J connectivity index is 2.98. The Labute approximate surface area is 135 Å². The molecule has 0 fully saturated rings. The molecule has 0 aliphatic carbocycles. The first-order valence-corrected chi connectivity index (χ1v) is 7.17. The van der Waals surface area contributed by atoms with Crippen molar-refractivity contribution in [3.05, 3.63) is 23.5 Å². The molecule has 0 aliphatic heterocycles. The highest BCUT2D eigenvalue weighted by atomic mass is 35.5. The van der Waals surface area contributed by atoms with Crippen LogP contribution in [-0.4, -0.2) is 27.9 Å². The van der Waals surface area contributed by atoms with Gasteiger partial charge in [-0.2, -0.15) is 4.90 Å². The smallest absolute Gasteiger partial charge is 0.424 e. The van der Waals surface area contributed by atoms with E-state index >= 15 is 0 Å². The van der Waals surface area contributed by atoms with E-state index in [2.05, 4.69) is 4.98 Å². The van der Waals surface area contributed by atoms with Gasteiger partial charge in [0.1, 0.15) is 10.8 Å². The highest BCUT2D eigenvalue weighted by molar-refractivity contribution is 6.29. The van der Waals surface area contributed by atoms with E-state index in [9.17, 15) is 14.7 Å². The summed E-state index contributed by atoms with van der Waals surface area (Å²) in [5, 5.41) is 9.37. The molecule has 0 radical (unpaired) electrons. The molecular weight excluding hydrogens is 308 g/mol. The Kier molecular flexibility index (Phi) is 5.40. The lowest BCUT2D eigenvalue weighted by atomic mass is 9.84. The van der Waals surface area contributed by atoms with Crippen LogP contribution in [0.3, 0.4) is 0 Å². The molecule has 2 amide bonds. The average molecular weight is 329 g/mol. The number of halogens is 1. The van der Waals surface area contributed by atoms with Gasteiger partial charge in [0, 0.05) is 6.20 Å². The molecule has 0 aliphatic rings. The number of imide groups is 1. The van der Waals surface area contributed by atoms with Gasteiger partial charge >= 0.3 is 12.2 Å². The van der Waals surface area contributed by atoms with Crippen molar-refractivity contribution in [1.82, 2.24) is 4.98 Å². The van der Waals surface area contributed by atoms with Crippen LogP contribution in [0.4, 0.5) is 15.3 Å². The third-order valence-electron chi connectivity index (χ3n) is 2.66. The monoisotopic (exact) mass is 328 g/mol. The van der Waals surface area contributed by atoms with E-state index in [-0.39, 0.29) is 16.3 Å². The number of ether oxygens (including phenoxy) is 1. The van der Waals surface area contributed by atoms with Gasteiger partial charge < -0.3 is 9.84 Å². The lowest BCUT2D eigenvalue weighted by molar-refractivity contribution is 0.0146. The van der Waals surface area contributed by atoms with Gasteiger partial charge in [0.05, 0.1) is 5.69 Å². The minimum absolute atomic E-state index is 0.0716. The standard InChI is InChI=1S/C15H21ClN2O4/c1-14(2,3)9-15(4,5)22-13(21)18(12(19)20)10-6-7-17-11(16)8-10/h6-8H,9H2,1-5H3,(H,19,20). The first kappa shape index (κ1) is 18.2. The summed E-state index contributed by atoms with van der Waals surface area (Å²) in [6, 6.07) is 2.66. The molecule has 0 aromatic carbocycles. The fourth-order valence-electron chi connectivity index (χ4n) is 2.42. The molecule has 0 saturated carbocycles.